The molecule has 0 bridgehead atoms. The number of carbonyl (C=O) groups is 3. The van der Waals surface area contributed by atoms with Gasteiger partial charge >= 0.3 is 6.03 Å². The van der Waals surface area contributed by atoms with Crippen LogP contribution in [-0.2, 0) is 32.5 Å². The number of amides is 4. The number of imidazole rings is 2. The molecule has 0 fully saturated rings. The quantitative estimate of drug-likeness (QED) is 0.191. The van der Waals surface area contributed by atoms with E-state index in [9.17, 15) is 22.8 Å². The molecule has 4 amide bonds. The zero-order valence-electron chi connectivity index (χ0n) is 19.0. The molecule has 0 saturated carbocycles. The minimum atomic E-state index is -4.10. The van der Waals surface area contributed by atoms with E-state index < -0.39 is 33.9 Å². The lowest BCUT2D eigenvalue weighted by atomic mass is 10.1. The number of H-pyrrole nitrogens is 2. The fourth-order valence-corrected chi connectivity index (χ4v) is 4.13. The van der Waals surface area contributed by atoms with Crippen molar-refractivity contribution >= 4 is 39.5 Å². The summed E-state index contributed by atoms with van der Waals surface area (Å²) in [5.41, 5.74) is 1.50. The van der Waals surface area contributed by atoms with Gasteiger partial charge in [0, 0.05) is 61.2 Å². The summed E-state index contributed by atoms with van der Waals surface area (Å²) in [6.07, 6.45) is 6.73. The first-order valence-corrected chi connectivity index (χ1v) is 12.7. The van der Waals surface area contributed by atoms with Gasteiger partial charge in [0.15, 0.2) is 0 Å². The predicted octanol–water partition coefficient (Wildman–Crippen LogP) is 0.251. The van der Waals surface area contributed by atoms with Crippen LogP contribution in [0.2, 0.25) is 5.02 Å². The third-order valence-corrected chi connectivity index (χ3v) is 6.47. The van der Waals surface area contributed by atoms with Crippen LogP contribution in [-0.4, -0.2) is 65.3 Å². The Kier molecular flexibility index (Phi) is 9.41. The Morgan fingerprint density at radius 1 is 0.944 bits per heavy atom. The highest BCUT2D eigenvalue weighted by Gasteiger charge is 2.22. The van der Waals surface area contributed by atoms with Gasteiger partial charge in [0.2, 0.25) is 11.8 Å². The van der Waals surface area contributed by atoms with Crippen LogP contribution in [0.1, 0.15) is 17.8 Å². The molecule has 0 saturated heterocycles. The summed E-state index contributed by atoms with van der Waals surface area (Å²) < 4.78 is 26.3. The van der Waals surface area contributed by atoms with Crippen LogP contribution in [0.25, 0.3) is 0 Å². The molecule has 1 atom stereocenters. The Balaban J connectivity index is 1.46. The van der Waals surface area contributed by atoms with Crippen LogP contribution in [0, 0.1) is 0 Å². The Hall–Kier alpha value is -3.91. The molecule has 0 spiro atoms. The first-order chi connectivity index (χ1) is 17.2. The Morgan fingerprint density at radius 2 is 1.61 bits per heavy atom. The topological polar surface area (TPSA) is 191 Å². The summed E-state index contributed by atoms with van der Waals surface area (Å²) in [4.78, 5) is 50.6. The molecule has 0 aliphatic rings. The summed E-state index contributed by atoms with van der Waals surface area (Å²) in [5.74, 6) is -0.902. The van der Waals surface area contributed by atoms with E-state index in [0.717, 1.165) is 5.69 Å². The standard InChI is InChI=1S/C21H25ClN8O5S/c22-14-1-3-17(4-2-14)36(34,35)30-21(33)26-8-6-19(31)29-18(9-16-11-24-13-28-16)20(32)25-7-5-15-10-23-12-27-15/h1-4,10-13,18H,5-9H2,(H,23,27)(H,24,28)(H,25,32)(H,29,31)(H2,26,30,33)/t18-/m0/s1. The molecule has 2 heterocycles. The monoisotopic (exact) mass is 536 g/mol. The highest BCUT2D eigenvalue weighted by molar-refractivity contribution is 7.90. The van der Waals surface area contributed by atoms with Gasteiger partial charge in [0.05, 0.1) is 17.6 Å². The molecule has 0 radical (unpaired) electrons. The van der Waals surface area contributed by atoms with Gasteiger partial charge < -0.3 is 25.9 Å². The third kappa shape index (κ3) is 8.39. The van der Waals surface area contributed by atoms with Gasteiger partial charge in [0.1, 0.15) is 6.04 Å². The second-order valence-corrected chi connectivity index (χ2v) is 9.70. The lowest BCUT2D eigenvalue weighted by Crippen LogP contribution is -2.49. The number of hydrogen-bond acceptors (Lipinski definition) is 7. The highest BCUT2D eigenvalue weighted by atomic mass is 35.5. The van der Waals surface area contributed by atoms with Crippen molar-refractivity contribution in [2.24, 2.45) is 0 Å². The zero-order chi connectivity index (χ0) is 26.0. The molecule has 13 nitrogen and oxygen atoms in total. The van der Waals surface area contributed by atoms with Crippen molar-refractivity contribution in [2.75, 3.05) is 13.1 Å². The SMILES string of the molecule is O=C(CCNC(=O)NS(=O)(=O)c1ccc(Cl)cc1)N[C@@H](Cc1cnc[nH]1)C(=O)NCCc1cnc[nH]1. The maximum Gasteiger partial charge on any atom is 0.328 e. The number of aromatic amines is 2. The number of hydrogen-bond donors (Lipinski definition) is 6. The first-order valence-electron chi connectivity index (χ1n) is 10.8. The molecule has 15 heteroatoms. The smallest absolute Gasteiger partial charge is 0.328 e. The van der Waals surface area contributed by atoms with Gasteiger partial charge in [-0.1, -0.05) is 11.6 Å². The van der Waals surface area contributed by atoms with Crippen molar-refractivity contribution in [2.45, 2.75) is 30.2 Å². The van der Waals surface area contributed by atoms with Crippen molar-refractivity contribution in [3.63, 3.8) is 0 Å². The van der Waals surface area contributed by atoms with Gasteiger partial charge in [-0.05, 0) is 24.3 Å². The number of nitrogens with zero attached hydrogens (tertiary/aromatic N) is 2. The van der Waals surface area contributed by atoms with Crippen molar-refractivity contribution in [3.05, 3.63) is 65.7 Å². The second-order valence-electron chi connectivity index (χ2n) is 7.58. The van der Waals surface area contributed by atoms with Crippen LogP contribution in [0.15, 0.2) is 54.2 Å². The number of rotatable bonds is 12. The van der Waals surface area contributed by atoms with Gasteiger partial charge in [-0.25, -0.2) is 27.9 Å². The van der Waals surface area contributed by atoms with Crippen LogP contribution < -0.4 is 20.7 Å². The van der Waals surface area contributed by atoms with Crippen LogP contribution in [0.5, 0.6) is 0 Å². The lowest BCUT2D eigenvalue weighted by molar-refractivity contribution is -0.128. The molecule has 1 aromatic carbocycles. The molecule has 2 aromatic heterocycles. The molecule has 3 rings (SSSR count). The summed E-state index contributed by atoms with van der Waals surface area (Å²) >= 11 is 5.74. The summed E-state index contributed by atoms with van der Waals surface area (Å²) in [6, 6.07) is 3.38. The fraction of sp³-hybridized carbons (Fsp3) is 0.286. The number of halogens is 1. The summed E-state index contributed by atoms with van der Waals surface area (Å²) in [7, 11) is -4.10. The van der Waals surface area contributed by atoms with Gasteiger partial charge in [0.25, 0.3) is 10.0 Å². The Bertz CT molecular complexity index is 1250. The molecule has 0 unspecified atom stereocenters. The van der Waals surface area contributed by atoms with E-state index in [4.69, 9.17) is 11.6 Å². The molecule has 0 aliphatic heterocycles. The third-order valence-electron chi connectivity index (χ3n) is 4.87. The van der Waals surface area contributed by atoms with E-state index in [1.54, 1.807) is 18.7 Å². The molecule has 3 aromatic rings. The normalized spacial score (nSPS) is 11.9. The minimum absolute atomic E-state index is 0.139. The molecular weight excluding hydrogens is 512 g/mol. The number of nitrogens with one attached hydrogen (secondary N) is 6. The number of carbonyl (C=O) groups excluding carboxylic acids is 3. The Morgan fingerprint density at radius 3 is 2.25 bits per heavy atom. The fourth-order valence-electron chi connectivity index (χ4n) is 3.08. The Labute approximate surface area is 211 Å². The van der Waals surface area contributed by atoms with Crippen molar-refractivity contribution < 1.29 is 22.8 Å². The zero-order valence-corrected chi connectivity index (χ0v) is 20.5. The van der Waals surface area contributed by atoms with E-state index in [-0.39, 0.29) is 24.3 Å². The number of benzene rings is 1. The number of aromatic nitrogens is 4. The largest absolute Gasteiger partial charge is 0.354 e. The summed E-state index contributed by atoms with van der Waals surface area (Å²) in [6.45, 7) is 0.173. The molecule has 6 N–H and O–H groups in total. The molecule has 0 aliphatic carbocycles. The van der Waals surface area contributed by atoms with Crippen molar-refractivity contribution in [3.8, 4) is 0 Å². The first kappa shape index (κ1) is 26.7. The van der Waals surface area contributed by atoms with E-state index in [0.29, 0.717) is 23.7 Å². The van der Waals surface area contributed by atoms with E-state index in [1.165, 1.54) is 30.6 Å². The minimum Gasteiger partial charge on any atom is -0.354 e. The van der Waals surface area contributed by atoms with E-state index in [2.05, 4.69) is 35.9 Å². The lowest BCUT2D eigenvalue weighted by Gasteiger charge is -2.18. The van der Waals surface area contributed by atoms with Gasteiger partial charge in [-0.15, -0.1) is 0 Å². The molecular formula is C21H25ClN8O5S. The van der Waals surface area contributed by atoms with Crippen molar-refractivity contribution in [1.29, 1.82) is 0 Å². The van der Waals surface area contributed by atoms with E-state index >= 15 is 0 Å². The van der Waals surface area contributed by atoms with Crippen LogP contribution >= 0.6 is 11.6 Å². The molecule has 36 heavy (non-hydrogen) atoms. The highest BCUT2D eigenvalue weighted by Crippen LogP contribution is 2.13. The van der Waals surface area contributed by atoms with Gasteiger partial charge in [-0.3, -0.25) is 9.59 Å². The second kappa shape index (κ2) is 12.7. The van der Waals surface area contributed by atoms with Crippen LogP contribution in [0.3, 0.4) is 0 Å². The average molecular weight is 537 g/mol. The maximum atomic E-state index is 12.7. The van der Waals surface area contributed by atoms with Crippen molar-refractivity contribution in [1.82, 2.24) is 40.6 Å². The number of urea groups is 1. The summed E-state index contributed by atoms with van der Waals surface area (Å²) in [5, 5.41) is 8.05. The average Bonchev–Trinajstić information content (AvgIpc) is 3.53. The maximum absolute atomic E-state index is 12.7. The predicted molar refractivity (Wildman–Crippen MR) is 129 cm³/mol. The van der Waals surface area contributed by atoms with Crippen LogP contribution in [0.4, 0.5) is 4.79 Å². The molecule has 192 valence electrons. The van der Waals surface area contributed by atoms with E-state index in [1.807, 2.05) is 4.72 Å². The number of sulfonamides is 1. The van der Waals surface area contributed by atoms with Gasteiger partial charge in [-0.2, -0.15) is 0 Å².